The van der Waals surface area contributed by atoms with Crippen LogP contribution in [-0.4, -0.2) is 15.0 Å². The van der Waals surface area contributed by atoms with E-state index in [0.29, 0.717) is 5.82 Å². The SMILES string of the molecule is c1cc(-c2cccc(-c3c[nH]c4ccccc34)c2)cc(-c2cc(-c3ccc4ccccc4c3)nc(-c3cccc4ccccc34)n2)c1. The number of hydrogen-bond donors (Lipinski definition) is 1. The molecule has 0 aliphatic heterocycles. The molecule has 7 aromatic carbocycles. The fourth-order valence-electron chi connectivity index (χ4n) is 6.67. The van der Waals surface area contributed by atoms with Gasteiger partial charge in [0.2, 0.25) is 0 Å². The second-order valence-electron chi connectivity index (χ2n) is 12.0. The lowest BCUT2D eigenvalue weighted by atomic mass is 9.96. The van der Waals surface area contributed by atoms with Crippen LogP contribution >= 0.6 is 0 Å². The summed E-state index contributed by atoms with van der Waals surface area (Å²) < 4.78 is 0. The third kappa shape index (κ3) is 4.95. The van der Waals surface area contributed by atoms with Crippen molar-refractivity contribution in [2.45, 2.75) is 0 Å². The van der Waals surface area contributed by atoms with E-state index in [9.17, 15) is 0 Å². The van der Waals surface area contributed by atoms with Gasteiger partial charge in [0.1, 0.15) is 0 Å². The fourth-order valence-corrected chi connectivity index (χ4v) is 6.67. The number of aromatic nitrogens is 3. The van der Waals surface area contributed by atoms with E-state index in [1.807, 2.05) is 0 Å². The van der Waals surface area contributed by atoms with Crippen molar-refractivity contribution in [3.63, 3.8) is 0 Å². The van der Waals surface area contributed by atoms with Crippen molar-refractivity contribution in [3.8, 4) is 56.2 Å². The highest BCUT2D eigenvalue weighted by atomic mass is 14.9. The van der Waals surface area contributed by atoms with Crippen LogP contribution in [-0.2, 0) is 0 Å². The summed E-state index contributed by atoms with van der Waals surface area (Å²) in [4.78, 5) is 13.8. The number of benzene rings is 7. The van der Waals surface area contributed by atoms with Crippen molar-refractivity contribution in [2.24, 2.45) is 0 Å². The Morgan fingerprint density at radius 2 is 0.957 bits per heavy atom. The molecule has 0 amide bonds. The largest absolute Gasteiger partial charge is 0.361 e. The van der Waals surface area contributed by atoms with Crippen LogP contribution in [0.2, 0.25) is 0 Å². The van der Waals surface area contributed by atoms with Crippen LogP contribution in [0.25, 0.3) is 88.6 Å². The number of rotatable bonds is 5. The molecule has 1 N–H and O–H groups in total. The molecule has 3 heteroatoms. The number of para-hydroxylation sites is 1. The first-order chi connectivity index (χ1) is 23.3. The third-order valence-corrected chi connectivity index (χ3v) is 9.06. The Kier molecular flexibility index (Phi) is 6.46. The Hall–Kier alpha value is -6.32. The molecule has 0 bridgehead atoms. The second-order valence-corrected chi connectivity index (χ2v) is 12.0. The van der Waals surface area contributed by atoms with Crippen molar-refractivity contribution in [3.05, 3.63) is 170 Å². The number of hydrogen-bond acceptors (Lipinski definition) is 2. The lowest BCUT2D eigenvalue weighted by Gasteiger charge is -2.12. The van der Waals surface area contributed by atoms with E-state index in [1.165, 1.54) is 32.7 Å². The van der Waals surface area contributed by atoms with E-state index in [2.05, 4.69) is 175 Å². The van der Waals surface area contributed by atoms with E-state index in [1.54, 1.807) is 0 Å². The van der Waals surface area contributed by atoms with Gasteiger partial charge in [-0.3, -0.25) is 0 Å². The quantitative estimate of drug-likeness (QED) is 0.214. The molecule has 0 aliphatic carbocycles. The van der Waals surface area contributed by atoms with Gasteiger partial charge in [-0.15, -0.1) is 0 Å². The first-order valence-electron chi connectivity index (χ1n) is 15.9. The van der Waals surface area contributed by atoms with Crippen LogP contribution in [0.15, 0.2) is 170 Å². The molecule has 0 saturated heterocycles. The van der Waals surface area contributed by atoms with Gasteiger partial charge in [0.15, 0.2) is 5.82 Å². The Balaban J connectivity index is 1.19. The van der Waals surface area contributed by atoms with Crippen LogP contribution in [0.3, 0.4) is 0 Å². The van der Waals surface area contributed by atoms with Gasteiger partial charge in [-0.25, -0.2) is 9.97 Å². The lowest BCUT2D eigenvalue weighted by molar-refractivity contribution is 1.19. The van der Waals surface area contributed by atoms with E-state index in [-0.39, 0.29) is 0 Å². The molecule has 2 heterocycles. The van der Waals surface area contributed by atoms with E-state index in [4.69, 9.17) is 9.97 Å². The van der Waals surface area contributed by atoms with Crippen LogP contribution in [0.5, 0.6) is 0 Å². The molecule has 0 unspecified atom stereocenters. The predicted octanol–water partition coefficient (Wildman–Crippen LogP) is 11.6. The summed E-state index contributed by atoms with van der Waals surface area (Å²) in [6, 6.07) is 57.8. The normalized spacial score (nSPS) is 11.4. The molecule has 220 valence electrons. The molecular weight excluding hydrogens is 571 g/mol. The minimum atomic E-state index is 0.717. The van der Waals surface area contributed by atoms with E-state index in [0.717, 1.165) is 50.1 Å². The topological polar surface area (TPSA) is 41.6 Å². The molecule has 2 aromatic heterocycles. The van der Waals surface area contributed by atoms with Crippen LogP contribution < -0.4 is 0 Å². The molecule has 0 aliphatic rings. The first kappa shape index (κ1) is 27.0. The average Bonchev–Trinajstić information content (AvgIpc) is 3.59. The molecule has 0 spiro atoms. The first-order valence-corrected chi connectivity index (χ1v) is 15.9. The zero-order chi connectivity index (χ0) is 31.2. The van der Waals surface area contributed by atoms with Crippen molar-refractivity contribution in [1.29, 1.82) is 0 Å². The van der Waals surface area contributed by atoms with Gasteiger partial charge in [0.05, 0.1) is 11.4 Å². The zero-order valence-corrected chi connectivity index (χ0v) is 25.6. The summed E-state index contributed by atoms with van der Waals surface area (Å²) in [6.45, 7) is 0. The zero-order valence-electron chi connectivity index (χ0n) is 25.6. The van der Waals surface area contributed by atoms with Crippen molar-refractivity contribution in [1.82, 2.24) is 15.0 Å². The van der Waals surface area contributed by atoms with Crippen molar-refractivity contribution in [2.75, 3.05) is 0 Å². The fraction of sp³-hybridized carbons (Fsp3) is 0. The summed E-state index contributed by atoms with van der Waals surface area (Å²) in [6.07, 6.45) is 2.10. The highest BCUT2D eigenvalue weighted by molar-refractivity contribution is 5.97. The smallest absolute Gasteiger partial charge is 0.161 e. The monoisotopic (exact) mass is 599 g/mol. The summed E-state index contributed by atoms with van der Waals surface area (Å²) in [5, 5.41) is 5.93. The van der Waals surface area contributed by atoms with Gasteiger partial charge in [-0.1, -0.05) is 133 Å². The van der Waals surface area contributed by atoms with Gasteiger partial charge in [-0.2, -0.15) is 0 Å². The summed E-state index contributed by atoms with van der Waals surface area (Å²) in [7, 11) is 0. The number of aromatic amines is 1. The highest BCUT2D eigenvalue weighted by Crippen LogP contribution is 2.35. The van der Waals surface area contributed by atoms with Crippen molar-refractivity contribution >= 4 is 32.4 Å². The Bertz CT molecular complexity index is 2590. The standard InChI is InChI=1S/C44H29N3/c1-2-12-31-25-36(23-22-29(31)10-1)43-27-42(46-44(47-43)39-20-9-13-30-11-3-4-18-37(30)39)35-17-8-15-33(26-35)32-14-7-16-34(24-32)40-28-45-41-21-6-5-19-38(40)41/h1-28,45H. The Labute approximate surface area is 272 Å². The van der Waals surface area contributed by atoms with Crippen LogP contribution in [0, 0.1) is 0 Å². The van der Waals surface area contributed by atoms with Crippen LogP contribution in [0.1, 0.15) is 0 Å². The average molecular weight is 600 g/mol. The van der Waals surface area contributed by atoms with Gasteiger partial charge in [0, 0.05) is 39.4 Å². The lowest BCUT2D eigenvalue weighted by Crippen LogP contribution is -1.97. The maximum atomic E-state index is 5.22. The number of nitrogens with one attached hydrogen (secondary N) is 1. The van der Waals surface area contributed by atoms with E-state index < -0.39 is 0 Å². The minimum absolute atomic E-state index is 0.717. The molecular formula is C44H29N3. The highest BCUT2D eigenvalue weighted by Gasteiger charge is 2.14. The molecule has 0 saturated carbocycles. The molecule has 0 atom stereocenters. The third-order valence-electron chi connectivity index (χ3n) is 9.06. The van der Waals surface area contributed by atoms with Gasteiger partial charge in [0.25, 0.3) is 0 Å². The number of fused-ring (bicyclic) bond motifs is 3. The van der Waals surface area contributed by atoms with Crippen LogP contribution in [0.4, 0.5) is 0 Å². The second kappa shape index (κ2) is 11.2. The number of nitrogens with zero attached hydrogens (tertiary/aromatic N) is 2. The van der Waals surface area contributed by atoms with Gasteiger partial charge < -0.3 is 4.98 Å². The molecule has 0 radical (unpaired) electrons. The summed E-state index contributed by atoms with van der Waals surface area (Å²) in [5.74, 6) is 0.717. The van der Waals surface area contributed by atoms with Gasteiger partial charge in [-0.05, 0) is 68.6 Å². The predicted molar refractivity (Wildman–Crippen MR) is 196 cm³/mol. The molecule has 0 fully saturated rings. The van der Waals surface area contributed by atoms with Crippen molar-refractivity contribution < 1.29 is 0 Å². The Morgan fingerprint density at radius 1 is 0.362 bits per heavy atom. The molecule has 9 rings (SSSR count). The number of H-pyrrole nitrogens is 1. The Morgan fingerprint density at radius 3 is 1.79 bits per heavy atom. The molecule has 47 heavy (non-hydrogen) atoms. The maximum Gasteiger partial charge on any atom is 0.161 e. The molecule has 3 nitrogen and oxygen atoms in total. The summed E-state index contributed by atoms with van der Waals surface area (Å²) in [5.41, 5.74) is 10.8. The summed E-state index contributed by atoms with van der Waals surface area (Å²) >= 11 is 0. The van der Waals surface area contributed by atoms with E-state index >= 15 is 0 Å². The van der Waals surface area contributed by atoms with Gasteiger partial charge >= 0.3 is 0 Å². The molecule has 9 aromatic rings. The maximum absolute atomic E-state index is 5.22. The minimum Gasteiger partial charge on any atom is -0.361 e.